The summed E-state index contributed by atoms with van der Waals surface area (Å²) in [4.78, 5) is 25.3. The molecule has 0 saturated heterocycles. The van der Waals surface area contributed by atoms with Crippen LogP contribution in [0.25, 0.3) is 11.3 Å². The molecule has 3 N–H and O–H groups in total. The first kappa shape index (κ1) is 25.8. The molecule has 0 aliphatic rings. The largest absolute Gasteiger partial charge is 0.446 e. The van der Waals surface area contributed by atoms with E-state index in [0.29, 0.717) is 41.1 Å². The number of hydrogen-bond acceptors (Lipinski definition) is 7. The first-order valence-electron chi connectivity index (χ1n) is 11.0. The van der Waals surface area contributed by atoms with Crippen molar-refractivity contribution in [3.8, 4) is 22.9 Å². The zero-order valence-corrected chi connectivity index (χ0v) is 20.2. The first-order valence-corrected chi connectivity index (χ1v) is 11.8. The summed E-state index contributed by atoms with van der Waals surface area (Å²) in [5.41, 5.74) is -2.40. The summed E-state index contributed by atoms with van der Waals surface area (Å²) in [6, 6.07) is 16.8. The zero-order chi connectivity index (χ0) is 26.3. The molecule has 0 fully saturated rings. The van der Waals surface area contributed by atoms with Gasteiger partial charge in [0.1, 0.15) is 5.75 Å². The Balaban J connectivity index is 1.40. The van der Waals surface area contributed by atoms with E-state index in [2.05, 4.69) is 30.9 Å². The van der Waals surface area contributed by atoms with Crippen LogP contribution in [0, 0.1) is 0 Å². The molecule has 4 aromatic rings. The number of carbonyl (C=O) groups excluding carboxylic acids is 1. The number of urea groups is 1. The number of thioether (sulfide) groups is 1. The molecule has 0 bridgehead atoms. The quantitative estimate of drug-likeness (QED) is 0.212. The number of amides is 2. The van der Waals surface area contributed by atoms with Gasteiger partial charge in [-0.05, 0) is 79.3 Å². The van der Waals surface area contributed by atoms with Crippen LogP contribution in [-0.4, -0.2) is 33.0 Å². The van der Waals surface area contributed by atoms with Gasteiger partial charge in [-0.3, -0.25) is 0 Å². The van der Waals surface area contributed by atoms with Crippen molar-refractivity contribution in [1.29, 1.82) is 0 Å². The van der Waals surface area contributed by atoms with Gasteiger partial charge in [0.25, 0.3) is 0 Å². The highest BCUT2D eigenvalue weighted by atomic mass is 32.2. The Bertz CT molecular complexity index is 1370. The van der Waals surface area contributed by atoms with Crippen molar-refractivity contribution in [2.45, 2.75) is 17.3 Å². The molecule has 2 aromatic carbocycles. The van der Waals surface area contributed by atoms with Crippen LogP contribution in [0.4, 0.5) is 35.3 Å². The molecule has 0 atom stereocenters. The topological polar surface area (TPSA) is 101 Å². The number of aromatic nitrogens is 3. The summed E-state index contributed by atoms with van der Waals surface area (Å²) in [6.45, 7) is 2.63. The number of nitrogens with zero attached hydrogens (tertiary/aromatic N) is 3. The van der Waals surface area contributed by atoms with Gasteiger partial charge in [0.05, 0.1) is 11.3 Å². The second-order valence-electron chi connectivity index (χ2n) is 7.43. The minimum atomic E-state index is -4.41. The molecule has 37 heavy (non-hydrogen) atoms. The normalized spacial score (nSPS) is 11.0. The Morgan fingerprint density at radius 2 is 1.73 bits per heavy atom. The minimum Gasteiger partial charge on any atom is -0.438 e. The zero-order valence-electron chi connectivity index (χ0n) is 19.4. The standard InChI is InChI=1S/C25H21F3N6O2S/c1-2-29-23-31-14-12-21(34-23)20-7-4-13-30-22(20)36-18-10-8-16(9-11-18)32-24(35)33-17-5-3-6-19(15-17)37-25(26,27)28/h3-15H,2H2,1H3,(H,29,31,34)(H2,32,33,35). The van der Waals surface area contributed by atoms with E-state index < -0.39 is 11.5 Å². The van der Waals surface area contributed by atoms with Crippen LogP contribution in [0.3, 0.4) is 0 Å². The number of hydrogen-bond donors (Lipinski definition) is 3. The van der Waals surface area contributed by atoms with Crippen LogP contribution in [0.5, 0.6) is 11.6 Å². The lowest BCUT2D eigenvalue weighted by molar-refractivity contribution is -0.0328. The molecule has 12 heteroatoms. The van der Waals surface area contributed by atoms with E-state index in [1.807, 2.05) is 13.0 Å². The van der Waals surface area contributed by atoms with Gasteiger partial charge in [0.15, 0.2) is 0 Å². The van der Waals surface area contributed by atoms with Crippen molar-refractivity contribution in [2.24, 2.45) is 0 Å². The Hall–Kier alpha value is -4.32. The van der Waals surface area contributed by atoms with Crippen LogP contribution < -0.4 is 20.7 Å². The summed E-state index contributed by atoms with van der Waals surface area (Å²) in [6.07, 6.45) is 3.25. The monoisotopic (exact) mass is 526 g/mol. The van der Waals surface area contributed by atoms with Crippen molar-refractivity contribution in [3.63, 3.8) is 0 Å². The Kier molecular flexibility index (Phi) is 8.08. The molecule has 0 spiro atoms. The fraction of sp³-hybridized carbons (Fsp3) is 0.120. The van der Waals surface area contributed by atoms with Crippen LogP contribution in [0.2, 0.25) is 0 Å². The van der Waals surface area contributed by atoms with Crippen molar-refractivity contribution in [1.82, 2.24) is 15.0 Å². The molecular formula is C25H21F3N6O2S. The van der Waals surface area contributed by atoms with Crippen LogP contribution in [-0.2, 0) is 0 Å². The van der Waals surface area contributed by atoms with Crippen molar-refractivity contribution >= 4 is 35.1 Å². The number of halogens is 3. The highest BCUT2D eigenvalue weighted by Gasteiger charge is 2.29. The predicted molar refractivity (Wildman–Crippen MR) is 137 cm³/mol. The van der Waals surface area contributed by atoms with Crippen molar-refractivity contribution in [2.75, 3.05) is 22.5 Å². The number of nitrogens with one attached hydrogen (secondary N) is 3. The van der Waals surface area contributed by atoms with Crippen LogP contribution in [0.1, 0.15) is 6.92 Å². The van der Waals surface area contributed by atoms with E-state index in [0.717, 1.165) is 0 Å². The molecule has 2 aromatic heterocycles. The summed E-state index contributed by atoms with van der Waals surface area (Å²) >= 11 is -0.250. The van der Waals surface area contributed by atoms with Crippen molar-refractivity contribution in [3.05, 3.63) is 79.1 Å². The smallest absolute Gasteiger partial charge is 0.438 e. The van der Waals surface area contributed by atoms with Gasteiger partial charge in [-0.2, -0.15) is 13.2 Å². The summed E-state index contributed by atoms with van der Waals surface area (Å²) < 4.78 is 43.7. The number of ether oxygens (including phenoxy) is 1. The third kappa shape index (κ3) is 7.58. The summed E-state index contributed by atoms with van der Waals surface area (Å²) in [5, 5.41) is 8.22. The number of rotatable bonds is 8. The molecular weight excluding hydrogens is 505 g/mol. The Labute approximate surface area is 214 Å². The third-order valence-corrected chi connectivity index (χ3v) is 5.41. The Morgan fingerprint density at radius 3 is 2.49 bits per heavy atom. The lowest BCUT2D eigenvalue weighted by atomic mass is 10.2. The van der Waals surface area contributed by atoms with E-state index in [1.165, 1.54) is 24.3 Å². The Morgan fingerprint density at radius 1 is 0.946 bits per heavy atom. The third-order valence-electron chi connectivity index (χ3n) is 4.69. The number of pyridine rings is 1. The minimum absolute atomic E-state index is 0.0273. The molecule has 2 heterocycles. The van der Waals surface area contributed by atoms with E-state index in [1.54, 1.807) is 48.8 Å². The molecule has 0 aliphatic heterocycles. The lowest BCUT2D eigenvalue weighted by Crippen LogP contribution is -2.19. The number of carbonyl (C=O) groups is 1. The molecule has 0 aliphatic carbocycles. The molecule has 8 nitrogen and oxygen atoms in total. The molecule has 190 valence electrons. The number of alkyl halides is 3. The lowest BCUT2D eigenvalue weighted by Gasteiger charge is -2.12. The predicted octanol–water partition coefficient (Wildman–Crippen LogP) is 7.02. The molecule has 0 saturated carbocycles. The molecule has 0 radical (unpaired) electrons. The van der Waals surface area contributed by atoms with Gasteiger partial charge in [0.2, 0.25) is 11.8 Å². The maximum Gasteiger partial charge on any atom is 0.446 e. The average Bonchev–Trinajstić information content (AvgIpc) is 2.85. The van der Waals surface area contributed by atoms with Gasteiger partial charge in [0, 0.05) is 35.2 Å². The van der Waals surface area contributed by atoms with E-state index in [-0.39, 0.29) is 22.3 Å². The maximum atomic E-state index is 12.6. The van der Waals surface area contributed by atoms with Gasteiger partial charge < -0.3 is 20.7 Å². The second kappa shape index (κ2) is 11.6. The van der Waals surface area contributed by atoms with E-state index in [4.69, 9.17) is 4.74 Å². The number of benzene rings is 2. The van der Waals surface area contributed by atoms with E-state index in [9.17, 15) is 18.0 Å². The highest BCUT2D eigenvalue weighted by molar-refractivity contribution is 8.00. The average molecular weight is 527 g/mol. The van der Waals surface area contributed by atoms with Crippen LogP contribution >= 0.6 is 11.8 Å². The van der Waals surface area contributed by atoms with E-state index >= 15 is 0 Å². The molecule has 0 unspecified atom stereocenters. The maximum absolute atomic E-state index is 12.6. The van der Waals surface area contributed by atoms with Crippen LogP contribution in [0.15, 0.2) is 84.0 Å². The van der Waals surface area contributed by atoms with Gasteiger partial charge in [-0.25, -0.2) is 19.7 Å². The fourth-order valence-electron chi connectivity index (χ4n) is 3.20. The van der Waals surface area contributed by atoms with Crippen molar-refractivity contribution < 1.29 is 22.7 Å². The van der Waals surface area contributed by atoms with Gasteiger partial charge >= 0.3 is 11.5 Å². The summed E-state index contributed by atoms with van der Waals surface area (Å²) in [7, 11) is 0. The highest BCUT2D eigenvalue weighted by Crippen LogP contribution is 2.37. The van der Waals surface area contributed by atoms with Gasteiger partial charge in [-0.1, -0.05) is 6.07 Å². The number of anilines is 3. The van der Waals surface area contributed by atoms with Gasteiger partial charge in [-0.15, -0.1) is 0 Å². The fourth-order valence-corrected chi connectivity index (χ4v) is 3.80. The first-order chi connectivity index (χ1) is 17.8. The SMILES string of the molecule is CCNc1nccc(-c2cccnc2Oc2ccc(NC(=O)Nc3cccc(SC(F)(F)F)c3)cc2)n1. The summed E-state index contributed by atoms with van der Waals surface area (Å²) in [5.74, 6) is 1.32. The molecule has 2 amide bonds. The molecule has 4 rings (SSSR count). The second-order valence-corrected chi connectivity index (χ2v) is 8.57.